The van der Waals surface area contributed by atoms with Crippen molar-refractivity contribution in [1.29, 1.82) is 0 Å². The Kier molecular flexibility index (Phi) is 5.20. The molecular formula is C17H13Cl2F3N4O2S. The van der Waals surface area contributed by atoms with Crippen LogP contribution < -0.4 is 5.32 Å². The van der Waals surface area contributed by atoms with Gasteiger partial charge in [-0.1, -0.05) is 28.4 Å². The fourth-order valence-electron chi connectivity index (χ4n) is 2.97. The molecule has 2 aliphatic heterocycles. The quantitative estimate of drug-likeness (QED) is 0.742. The number of aromatic nitrogens is 2. The van der Waals surface area contributed by atoms with Gasteiger partial charge >= 0.3 is 6.18 Å². The maximum absolute atomic E-state index is 14.0. The minimum absolute atomic E-state index is 0.0420. The molecule has 12 heteroatoms. The van der Waals surface area contributed by atoms with Crippen molar-refractivity contribution in [3.63, 3.8) is 0 Å². The molecule has 2 aromatic rings. The summed E-state index contributed by atoms with van der Waals surface area (Å²) in [6.45, 7) is 0. The predicted octanol–water partition coefficient (Wildman–Crippen LogP) is 4.07. The Balaban J connectivity index is 1.59. The smallest absolute Gasteiger partial charge is 0.372 e. The number of amides is 1. The number of thioether (sulfide) groups is 1. The van der Waals surface area contributed by atoms with E-state index in [9.17, 15) is 18.0 Å². The third-order valence-corrected chi connectivity index (χ3v) is 6.27. The van der Waals surface area contributed by atoms with Crippen LogP contribution in [0.5, 0.6) is 0 Å². The fraction of sp³-hybridized carbons (Fsp3) is 0.353. The maximum Gasteiger partial charge on any atom is 0.435 e. The second-order valence-corrected chi connectivity index (χ2v) is 8.56. The lowest BCUT2D eigenvalue weighted by atomic mass is 9.89. The number of nitrogens with one attached hydrogen (secondary N) is 1. The monoisotopic (exact) mass is 464 g/mol. The first kappa shape index (κ1) is 20.4. The molecule has 0 aliphatic carbocycles. The highest BCUT2D eigenvalue weighted by atomic mass is 35.5. The molecule has 2 aliphatic rings. The van der Waals surface area contributed by atoms with E-state index in [0.29, 0.717) is 0 Å². The van der Waals surface area contributed by atoms with Crippen molar-refractivity contribution >= 4 is 46.7 Å². The van der Waals surface area contributed by atoms with Gasteiger partial charge in [-0.05, 0) is 24.3 Å². The third-order valence-electron chi connectivity index (χ3n) is 4.56. The Morgan fingerprint density at radius 2 is 1.97 bits per heavy atom. The van der Waals surface area contributed by atoms with Gasteiger partial charge in [0, 0.05) is 39.4 Å². The SMILES string of the molecule is O=C(NC1CSC1)c1ccn(C2=NOC(c3cc(Cl)cc(Cl)c3)(C(F)(F)F)C2)n1. The van der Waals surface area contributed by atoms with Crippen LogP contribution in [0, 0.1) is 0 Å². The van der Waals surface area contributed by atoms with E-state index < -0.39 is 24.1 Å². The van der Waals surface area contributed by atoms with E-state index in [1.54, 1.807) is 11.8 Å². The van der Waals surface area contributed by atoms with Crippen molar-refractivity contribution in [3.8, 4) is 0 Å². The lowest BCUT2D eigenvalue weighted by molar-refractivity contribution is -0.275. The van der Waals surface area contributed by atoms with Crippen molar-refractivity contribution < 1.29 is 22.8 Å². The minimum atomic E-state index is -4.80. The zero-order chi connectivity index (χ0) is 20.8. The first-order valence-corrected chi connectivity index (χ1v) is 10.3. The van der Waals surface area contributed by atoms with Crippen molar-refractivity contribution in [2.45, 2.75) is 24.2 Å². The van der Waals surface area contributed by atoms with Gasteiger partial charge in [-0.2, -0.15) is 30.0 Å². The van der Waals surface area contributed by atoms with E-state index >= 15 is 0 Å². The summed E-state index contributed by atoms with van der Waals surface area (Å²) in [6.07, 6.45) is -4.10. The molecule has 0 radical (unpaired) electrons. The number of hydrogen-bond donors (Lipinski definition) is 1. The highest BCUT2D eigenvalue weighted by molar-refractivity contribution is 8.00. The first-order chi connectivity index (χ1) is 13.7. The summed E-state index contributed by atoms with van der Waals surface area (Å²) >= 11 is 13.5. The third kappa shape index (κ3) is 3.80. The molecule has 0 saturated carbocycles. The highest BCUT2D eigenvalue weighted by Crippen LogP contribution is 2.49. The first-order valence-electron chi connectivity index (χ1n) is 8.41. The van der Waals surface area contributed by atoms with Crippen LogP contribution in [-0.4, -0.2) is 45.2 Å². The lowest BCUT2D eigenvalue weighted by Gasteiger charge is -2.29. The zero-order valence-electron chi connectivity index (χ0n) is 14.5. The van der Waals surface area contributed by atoms with Crippen molar-refractivity contribution in [3.05, 3.63) is 51.8 Å². The Bertz CT molecular complexity index is 973. The molecule has 1 atom stereocenters. The van der Waals surface area contributed by atoms with Crippen LogP contribution in [0.3, 0.4) is 0 Å². The number of alkyl halides is 3. The number of carbonyl (C=O) groups is 1. The highest BCUT2D eigenvalue weighted by Gasteiger charge is 2.62. The molecule has 1 N–H and O–H groups in total. The molecule has 3 heterocycles. The molecule has 1 fully saturated rings. The topological polar surface area (TPSA) is 68.5 Å². The molecule has 6 nitrogen and oxygen atoms in total. The van der Waals surface area contributed by atoms with Gasteiger partial charge < -0.3 is 10.2 Å². The molecule has 0 bridgehead atoms. The van der Waals surface area contributed by atoms with Gasteiger partial charge in [-0.15, -0.1) is 0 Å². The van der Waals surface area contributed by atoms with Crippen LogP contribution in [0.1, 0.15) is 22.5 Å². The molecule has 1 aromatic carbocycles. The molecule has 154 valence electrons. The second kappa shape index (κ2) is 7.41. The Labute approximate surface area is 177 Å². The van der Waals surface area contributed by atoms with Crippen LogP contribution in [0.25, 0.3) is 0 Å². The zero-order valence-corrected chi connectivity index (χ0v) is 16.9. The average Bonchev–Trinajstić information content (AvgIpc) is 3.24. The standard InChI is InChI=1S/C17H13Cl2F3N4O2S/c18-10-3-9(4-11(19)5-10)16(17(20,21)22)6-14(25-28-16)26-2-1-13(24-26)15(27)23-12-7-29-8-12/h1-5,12H,6-8H2,(H,23,27). The normalized spacial score (nSPS) is 22.0. The Morgan fingerprint density at radius 3 is 2.55 bits per heavy atom. The minimum Gasteiger partial charge on any atom is -0.372 e. The summed E-state index contributed by atoms with van der Waals surface area (Å²) in [7, 11) is 0. The molecule has 29 heavy (non-hydrogen) atoms. The van der Waals surface area contributed by atoms with E-state index in [-0.39, 0.29) is 33.2 Å². The van der Waals surface area contributed by atoms with Gasteiger partial charge in [-0.3, -0.25) is 4.79 Å². The summed E-state index contributed by atoms with van der Waals surface area (Å²) in [5.74, 6) is 1.15. The van der Waals surface area contributed by atoms with Crippen molar-refractivity contribution in [2.75, 3.05) is 11.5 Å². The van der Waals surface area contributed by atoms with Crippen LogP contribution >= 0.6 is 35.0 Å². The fourth-order valence-corrected chi connectivity index (χ4v) is 4.13. The summed E-state index contributed by atoms with van der Waals surface area (Å²) in [6, 6.07) is 5.09. The lowest BCUT2D eigenvalue weighted by Crippen LogP contribution is -2.44. The largest absolute Gasteiger partial charge is 0.435 e. The van der Waals surface area contributed by atoms with E-state index in [2.05, 4.69) is 15.6 Å². The van der Waals surface area contributed by atoms with Crippen LogP contribution in [0.15, 0.2) is 35.6 Å². The molecule has 0 spiro atoms. The average molecular weight is 465 g/mol. The van der Waals surface area contributed by atoms with E-state index in [0.717, 1.165) is 28.3 Å². The molecule has 1 unspecified atom stereocenters. The Hall–Kier alpha value is -1.91. The van der Waals surface area contributed by atoms with Crippen LogP contribution in [0.2, 0.25) is 10.0 Å². The van der Waals surface area contributed by atoms with Gasteiger partial charge in [0.1, 0.15) is 0 Å². The predicted molar refractivity (Wildman–Crippen MR) is 104 cm³/mol. The van der Waals surface area contributed by atoms with E-state index in [1.165, 1.54) is 18.3 Å². The van der Waals surface area contributed by atoms with Gasteiger partial charge in [-0.25, -0.2) is 4.68 Å². The molecule has 1 amide bonds. The van der Waals surface area contributed by atoms with Gasteiger partial charge in [0.2, 0.25) is 0 Å². The molecule has 1 aromatic heterocycles. The second-order valence-electron chi connectivity index (χ2n) is 6.61. The summed E-state index contributed by atoms with van der Waals surface area (Å²) in [5.41, 5.74) is -2.94. The van der Waals surface area contributed by atoms with Crippen LogP contribution in [0.4, 0.5) is 13.2 Å². The maximum atomic E-state index is 14.0. The van der Waals surface area contributed by atoms with Crippen LogP contribution in [-0.2, 0) is 10.4 Å². The van der Waals surface area contributed by atoms with Crippen molar-refractivity contribution in [2.24, 2.45) is 5.16 Å². The summed E-state index contributed by atoms with van der Waals surface area (Å²) in [4.78, 5) is 17.1. The van der Waals surface area contributed by atoms with E-state index in [4.69, 9.17) is 28.0 Å². The Morgan fingerprint density at radius 1 is 1.28 bits per heavy atom. The van der Waals surface area contributed by atoms with Gasteiger partial charge in [0.15, 0.2) is 11.5 Å². The number of nitrogens with zero attached hydrogens (tertiary/aromatic N) is 3. The summed E-state index contributed by atoms with van der Waals surface area (Å²) < 4.78 is 43.1. The van der Waals surface area contributed by atoms with Crippen molar-refractivity contribution in [1.82, 2.24) is 15.1 Å². The molecular weight excluding hydrogens is 452 g/mol. The van der Waals surface area contributed by atoms with E-state index in [1.807, 2.05) is 0 Å². The number of hydrogen-bond acceptors (Lipinski definition) is 5. The number of rotatable bonds is 3. The number of halogens is 5. The molecule has 4 rings (SSSR count). The number of oxime groups is 1. The van der Waals surface area contributed by atoms with Gasteiger partial charge in [0.05, 0.1) is 6.42 Å². The van der Waals surface area contributed by atoms with Gasteiger partial charge in [0.25, 0.3) is 11.5 Å². The summed E-state index contributed by atoms with van der Waals surface area (Å²) in [5, 5.41) is 10.5. The number of benzene rings is 1. The number of carbonyl (C=O) groups excluding carboxylic acids is 1. The molecule has 1 saturated heterocycles.